The number of benzene rings is 1. The topological polar surface area (TPSA) is 104 Å². The van der Waals surface area contributed by atoms with Crippen molar-refractivity contribution < 1.29 is 19.5 Å². The van der Waals surface area contributed by atoms with Gasteiger partial charge in [0.25, 0.3) is 5.91 Å². The first kappa shape index (κ1) is 23.6. The number of rotatable bonds is 6. The molecule has 2 amide bonds. The van der Waals surface area contributed by atoms with E-state index < -0.39 is 23.3 Å². The van der Waals surface area contributed by atoms with Gasteiger partial charge >= 0.3 is 5.97 Å². The molecule has 0 spiro atoms. The van der Waals surface area contributed by atoms with Crippen LogP contribution in [0.25, 0.3) is 9.40 Å². The molecule has 0 saturated carbocycles. The van der Waals surface area contributed by atoms with Crippen LogP contribution in [-0.2, 0) is 20.8 Å². The van der Waals surface area contributed by atoms with Gasteiger partial charge in [0.15, 0.2) is 5.43 Å². The van der Waals surface area contributed by atoms with Gasteiger partial charge in [0.1, 0.15) is 17.1 Å². The van der Waals surface area contributed by atoms with Crippen molar-refractivity contribution >= 4 is 89.3 Å². The molecule has 2 aromatic heterocycles. The highest BCUT2D eigenvalue weighted by Crippen LogP contribution is 2.46. The number of hydrogen-bond donors (Lipinski definition) is 2. The molecule has 4 heterocycles. The molecule has 2 atom stereocenters. The maximum atomic E-state index is 12.9. The first-order valence-electron chi connectivity index (χ1n) is 9.96. The SMILES string of the molecule is O=C(Cc1ccccc1)NC1C(=O)N2C(C(=O)O)=C(Sc3cc(=O)c4scc(Br)c4s3)CS[C@H]12. The summed E-state index contributed by atoms with van der Waals surface area (Å²) in [5.41, 5.74) is 0.626. The number of nitrogens with zero attached hydrogens (tertiary/aromatic N) is 1. The fourth-order valence-electron chi connectivity index (χ4n) is 3.74. The zero-order chi connectivity index (χ0) is 24.0. The minimum atomic E-state index is -1.21. The zero-order valence-electron chi connectivity index (χ0n) is 17.1. The number of thioether (sulfide) groups is 2. The van der Waals surface area contributed by atoms with Crippen molar-refractivity contribution in [2.45, 2.75) is 22.0 Å². The van der Waals surface area contributed by atoms with Crippen LogP contribution in [0.1, 0.15) is 5.56 Å². The van der Waals surface area contributed by atoms with E-state index in [0.29, 0.717) is 19.6 Å². The maximum Gasteiger partial charge on any atom is 0.353 e. The molecule has 1 fully saturated rings. The summed E-state index contributed by atoms with van der Waals surface area (Å²) >= 11 is 8.82. The number of carboxylic acids is 1. The molecule has 1 saturated heterocycles. The van der Waals surface area contributed by atoms with Gasteiger partial charge in [-0.25, -0.2) is 4.79 Å². The van der Waals surface area contributed by atoms with E-state index in [9.17, 15) is 24.3 Å². The van der Waals surface area contributed by atoms with Gasteiger partial charge in [-0.2, -0.15) is 0 Å². The first-order chi connectivity index (χ1) is 16.3. The van der Waals surface area contributed by atoms with E-state index in [-0.39, 0.29) is 23.5 Å². The number of nitrogens with one attached hydrogen (secondary N) is 1. The third-order valence-corrected chi connectivity index (χ3v) is 11.4. The van der Waals surface area contributed by atoms with Crippen molar-refractivity contribution in [2.75, 3.05) is 5.75 Å². The van der Waals surface area contributed by atoms with Crippen LogP contribution in [0.2, 0.25) is 0 Å². The lowest BCUT2D eigenvalue weighted by Crippen LogP contribution is -2.70. The second-order valence-electron chi connectivity index (χ2n) is 7.47. The van der Waals surface area contributed by atoms with Gasteiger partial charge in [-0.05, 0) is 21.5 Å². The summed E-state index contributed by atoms with van der Waals surface area (Å²) in [7, 11) is 0. The number of carbonyl (C=O) groups is 3. The Balaban J connectivity index is 1.36. The van der Waals surface area contributed by atoms with Crippen LogP contribution in [-0.4, -0.2) is 45.0 Å². The molecule has 3 aromatic rings. The summed E-state index contributed by atoms with van der Waals surface area (Å²) in [6, 6.07) is 9.94. The Labute approximate surface area is 218 Å². The van der Waals surface area contributed by atoms with Crippen LogP contribution in [0.3, 0.4) is 0 Å². The number of thiophene rings is 1. The molecule has 1 unspecified atom stereocenters. The monoisotopic (exact) mass is 594 g/mol. The lowest BCUT2D eigenvalue weighted by atomic mass is 10.0. The number of hydrogen-bond acceptors (Lipinski definition) is 8. The van der Waals surface area contributed by atoms with Crippen LogP contribution in [0.15, 0.2) is 65.9 Å². The van der Waals surface area contributed by atoms with E-state index in [1.807, 2.05) is 35.7 Å². The first-order valence-corrected chi connectivity index (χ1v) is 14.3. The predicted molar refractivity (Wildman–Crippen MR) is 139 cm³/mol. The highest BCUT2D eigenvalue weighted by molar-refractivity contribution is 9.10. The van der Waals surface area contributed by atoms with Gasteiger partial charge in [0.2, 0.25) is 5.91 Å². The summed E-state index contributed by atoms with van der Waals surface area (Å²) in [5.74, 6) is -1.58. The van der Waals surface area contributed by atoms with Crippen LogP contribution in [0.5, 0.6) is 0 Å². The lowest BCUT2D eigenvalue weighted by Gasteiger charge is -2.49. The average molecular weight is 596 g/mol. The summed E-state index contributed by atoms with van der Waals surface area (Å²) in [6.07, 6.45) is 0.143. The minimum Gasteiger partial charge on any atom is -0.477 e. The summed E-state index contributed by atoms with van der Waals surface area (Å²) < 4.78 is 2.96. The fourth-order valence-corrected chi connectivity index (χ4v) is 9.43. The maximum absolute atomic E-state index is 12.9. The molecule has 2 N–H and O–H groups in total. The number of carboxylic acid groups (broad SMARTS) is 1. The summed E-state index contributed by atoms with van der Waals surface area (Å²) in [5, 5.41) is 14.0. The largest absolute Gasteiger partial charge is 0.477 e. The van der Waals surface area contributed by atoms with Crippen molar-refractivity contribution in [2.24, 2.45) is 0 Å². The second kappa shape index (κ2) is 9.50. The summed E-state index contributed by atoms with van der Waals surface area (Å²) in [6.45, 7) is 0. The van der Waals surface area contributed by atoms with Crippen molar-refractivity contribution in [1.29, 1.82) is 0 Å². The molecule has 0 aliphatic carbocycles. The van der Waals surface area contributed by atoms with E-state index >= 15 is 0 Å². The Morgan fingerprint density at radius 1 is 1.21 bits per heavy atom. The molecule has 0 bridgehead atoms. The molecule has 12 heteroatoms. The number of aliphatic carboxylic acids is 1. The minimum absolute atomic E-state index is 0.0866. The molecular formula is C22H15BrN2O5S4. The molecule has 7 nitrogen and oxygen atoms in total. The number of fused-ring (bicyclic) bond motifs is 2. The number of halogens is 1. The van der Waals surface area contributed by atoms with Crippen molar-refractivity contribution in [3.63, 3.8) is 0 Å². The molecule has 174 valence electrons. The van der Waals surface area contributed by atoms with Crippen molar-refractivity contribution in [3.8, 4) is 0 Å². The Morgan fingerprint density at radius 3 is 2.71 bits per heavy atom. The van der Waals surface area contributed by atoms with E-state index in [1.54, 1.807) is 0 Å². The van der Waals surface area contributed by atoms with Crippen molar-refractivity contribution in [3.05, 3.63) is 72.6 Å². The van der Waals surface area contributed by atoms with Crippen LogP contribution >= 0.6 is 62.1 Å². The zero-order valence-corrected chi connectivity index (χ0v) is 22.0. The van der Waals surface area contributed by atoms with Gasteiger partial charge in [-0.1, -0.05) is 42.1 Å². The third-order valence-electron chi connectivity index (χ3n) is 5.26. The smallest absolute Gasteiger partial charge is 0.353 e. The quantitative estimate of drug-likeness (QED) is 0.414. The fraction of sp³-hybridized carbons (Fsp3) is 0.182. The van der Waals surface area contributed by atoms with Gasteiger partial charge in [0, 0.05) is 26.6 Å². The van der Waals surface area contributed by atoms with E-state index in [4.69, 9.17) is 0 Å². The predicted octanol–water partition coefficient (Wildman–Crippen LogP) is 4.12. The van der Waals surface area contributed by atoms with Gasteiger partial charge < -0.3 is 10.4 Å². The molecule has 0 radical (unpaired) electrons. The summed E-state index contributed by atoms with van der Waals surface area (Å²) in [4.78, 5) is 51.7. The number of β-lactam (4-membered cyclic amide) rings is 1. The molecule has 2 aliphatic rings. The Kier molecular flexibility index (Phi) is 6.60. The molecule has 5 rings (SSSR count). The molecule has 1 aromatic carbocycles. The van der Waals surface area contributed by atoms with Gasteiger partial charge in [-0.3, -0.25) is 19.3 Å². The van der Waals surface area contributed by atoms with Crippen LogP contribution in [0.4, 0.5) is 0 Å². The number of amides is 2. The molecule has 34 heavy (non-hydrogen) atoms. The van der Waals surface area contributed by atoms with Crippen LogP contribution < -0.4 is 10.7 Å². The Hall–Kier alpha value is -2.12. The van der Waals surface area contributed by atoms with Gasteiger partial charge in [0.05, 0.1) is 20.0 Å². The van der Waals surface area contributed by atoms with E-state index in [2.05, 4.69) is 21.2 Å². The second-order valence-corrected chi connectivity index (χ2v) is 12.8. The lowest BCUT2D eigenvalue weighted by molar-refractivity contribution is -0.150. The highest BCUT2D eigenvalue weighted by Gasteiger charge is 2.54. The average Bonchev–Trinajstić information content (AvgIpc) is 3.19. The number of carbonyl (C=O) groups excluding carboxylic acids is 2. The Morgan fingerprint density at radius 2 is 1.97 bits per heavy atom. The molecular weight excluding hydrogens is 580 g/mol. The highest BCUT2D eigenvalue weighted by atomic mass is 79.9. The van der Waals surface area contributed by atoms with Crippen LogP contribution in [0, 0.1) is 0 Å². The van der Waals surface area contributed by atoms with E-state index in [1.165, 1.54) is 57.2 Å². The van der Waals surface area contributed by atoms with Gasteiger partial charge in [-0.15, -0.1) is 34.4 Å². The van der Waals surface area contributed by atoms with E-state index in [0.717, 1.165) is 14.7 Å². The van der Waals surface area contributed by atoms with Crippen molar-refractivity contribution in [1.82, 2.24) is 10.2 Å². The normalized spacial score (nSPS) is 19.7. The standard InChI is InChI=1S/C22H15BrN2O5S4/c23-11-8-31-19-12(26)7-15(34-18(11)19)33-13-9-32-21-16(20(28)25(21)17(13)22(29)30)24-14(27)6-10-4-2-1-3-5-10/h1-5,7-8,16,21H,6,9H2,(H,24,27)(H,29,30)/t16?,21-/m1/s1. The third kappa shape index (κ3) is 4.33. The Bertz CT molecular complexity index is 1420. The molecule has 2 aliphatic heterocycles.